The molecule has 4 heteroatoms. The maximum absolute atomic E-state index is 11.7. The highest BCUT2D eigenvalue weighted by Gasteiger charge is 2.31. The minimum Gasteiger partial charge on any atom is -0.466 e. The Kier molecular flexibility index (Phi) is 4.80. The molecule has 0 radical (unpaired) electrons. The zero-order valence-electron chi connectivity index (χ0n) is 10.7. The van der Waals surface area contributed by atoms with E-state index in [9.17, 15) is 4.79 Å². The normalized spacial score (nSPS) is 31.1. The summed E-state index contributed by atoms with van der Waals surface area (Å²) in [5.74, 6) is 0.0551. The third-order valence-corrected chi connectivity index (χ3v) is 3.73. The molecule has 0 spiro atoms. The predicted molar refractivity (Wildman–Crippen MR) is 64.8 cm³/mol. The van der Waals surface area contributed by atoms with Gasteiger partial charge in [-0.2, -0.15) is 0 Å². The molecular weight excluding hydrogens is 218 g/mol. The van der Waals surface area contributed by atoms with E-state index in [1.54, 1.807) is 0 Å². The van der Waals surface area contributed by atoms with Crippen LogP contribution in [0.4, 0.5) is 0 Å². The van der Waals surface area contributed by atoms with Gasteiger partial charge in [0.1, 0.15) is 0 Å². The van der Waals surface area contributed by atoms with Crippen molar-refractivity contribution in [3.05, 3.63) is 0 Å². The standard InChI is InChI=1S/C13H23NO3/c1-2-17-13(15)11-5-3-7-14(9-11)12-6-4-8-16-10-12/h11-12H,2-10H2,1H3. The number of rotatable bonds is 3. The molecule has 2 aliphatic rings. The maximum Gasteiger partial charge on any atom is 0.310 e. The van der Waals surface area contributed by atoms with Crippen molar-refractivity contribution >= 4 is 5.97 Å². The van der Waals surface area contributed by atoms with Gasteiger partial charge in [0.05, 0.1) is 19.1 Å². The summed E-state index contributed by atoms with van der Waals surface area (Å²) in [6.45, 7) is 6.04. The van der Waals surface area contributed by atoms with Gasteiger partial charge < -0.3 is 9.47 Å². The number of esters is 1. The van der Waals surface area contributed by atoms with Gasteiger partial charge in [0.15, 0.2) is 0 Å². The molecule has 0 bridgehead atoms. The molecule has 2 unspecified atom stereocenters. The van der Waals surface area contributed by atoms with Gasteiger partial charge in [-0.1, -0.05) is 0 Å². The number of carbonyl (C=O) groups is 1. The number of hydrogen-bond donors (Lipinski definition) is 0. The molecule has 0 N–H and O–H groups in total. The summed E-state index contributed by atoms with van der Waals surface area (Å²) in [5, 5.41) is 0. The van der Waals surface area contributed by atoms with Crippen molar-refractivity contribution in [1.29, 1.82) is 0 Å². The van der Waals surface area contributed by atoms with Gasteiger partial charge in [-0.05, 0) is 39.2 Å². The Bertz CT molecular complexity index is 251. The first-order valence-electron chi connectivity index (χ1n) is 6.79. The summed E-state index contributed by atoms with van der Waals surface area (Å²) in [4.78, 5) is 14.2. The van der Waals surface area contributed by atoms with E-state index in [1.165, 1.54) is 6.42 Å². The third-order valence-electron chi connectivity index (χ3n) is 3.73. The number of hydrogen-bond acceptors (Lipinski definition) is 4. The van der Waals surface area contributed by atoms with E-state index in [2.05, 4.69) is 4.90 Å². The summed E-state index contributed by atoms with van der Waals surface area (Å²) >= 11 is 0. The Morgan fingerprint density at radius 3 is 3.00 bits per heavy atom. The van der Waals surface area contributed by atoms with Crippen LogP contribution < -0.4 is 0 Å². The van der Waals surface area contributed by atoms with Crippen LogP contribution in [-0.4, -0.2) is 49.8 Å². The molecule has 0 aromatic rings. The highest BCUT2D eigenvalue weighted by molar-refractivity contribution is 5.72. The lowest BCUT2D eigenvalue weighted by Crippen LogP contribution is -2.48. The number of nitrogens with zero attached hydrogens (tertiary/aromatic N) is 1. The van der Waals surface area contributed by atoms with Crippen LogP contribution in [0.1, 0.15) is 32.6 Å². The molecule has 0 amide bonds. The Balaban J connectivity index is 1.85. The van der Waals surface area contributed by atoms with Crippen LogP contribution in [0.2, 0.25) is 0 Å². The largest absolute Gasteiger partial charge is 0.466 e. The predicted octanol–water partition coefficient (Wildman–Crippen LogP) is 1.44. The lowest BCUT2D eigenvalue weighted by atomic mass is 9.95. The quantitative estimate of drug-likeness (QED) is 0.701. The van der Waals surface area contributed by atoms with E-state index in [0.717, 1.165) is 45.6 Å². The summed E-state index contributed by atoms with van der Waals surface area (Å²) in [6.07, 6.45) is 4.42. The van der Waals surface area contributed by atoms with E-state index < -0.39 is 0 Å². The van der Waals surface area contributed by atoms with Gasteiger partial charge in [0.2, 0.25) is 0 Å². The second kappa shape index (κ2) is 6.36. The van der Waals surface area contributed by atoms with Crippen LogP contribution in [0.5, 0.6) is 0 Å². The van der Waals surface area contributed by atoms with E-state index in [4.69, 9.17) is 9.47 Å². The Morgan fingerprint density at radius 2 is 2.29 bits per heavy atom. The summed E-state index contributed by atoms with van der Waals surface area (Å²) in [5.41, 5.74) is 0. The van der Waals surface area contributed by atoms with Crippen molar-refractivity contribution in [2.75, 3.05) is 32.9 Å². The summed E-state index contributed by atoms with van der Waals surface area (Å²) < 4.78 is 10.6. The second-order valence-corrected chi connectivity index (χ2v) is 4.96. The van der Waals surface area contributed by atoms with Crippen LogP contribution in [0, 0.1) is 5.92 Å². The molecule has 2 atom stereocenters. The van der Waals surface area contributed by atoms with Crippen LogP contribution in [0.15, 0.2) is 0 Å². The molecule has 17 heavy (non-hydrogen) atoms. The van der Waals surface area contributed by atoms with Gasteiger partial charge in [-0.15, -0.1) is 0 Å². The smallest absolute Gasteiger partial charge is 0.310 e. The first-order valence-corrected chi connectivity index (χ1v) is 6.79. The summed E-state index contributed by atoms with van der Waals surface area (Å²) in [6, 6.07) is 0.515. The molecule has 2 heterocycles. The van der Waals surface area contributed by atoms with Gasteiger partial charge in [0, 0.05) is 19.2 Å². The second-order valence-electron chi connectivity index (χ2n) is 4.96. The average molecular weight is 241 g/mol. The van der Waals surface area contributed by atoms with Gasteiger partial charge in [0.25, 0.3) is 0 Å². The van der Waals surface area contributed by atoms with Crippen LogP contribution in [-0.2, 0) is 14.3 Å². The lowest BCUT2D eigenvalue weighted by molar-refractivity contribution is -0.150. The van der Waals surface area contributed by atoms with E-state index in [1.807, 2.05) is 6.92 Å². The number of piperidine rings is 1. The number of carbonyl (C=O) groups excluding carboxylic acids is 1. The Labute approximate surface area is 103 Å². The molecule has 0 aromatic carbocycles. The van der Waals surface area contributed by atoms with Crippen molar-refractivity contribution in [1.82, 2.24) is 4.90 Å². The first-order chi connectivity index (χ1) is 8.31. The first kappa shape index (κ1) is 12.8. The topological polar surface area (TPSA) is 38.8 Å². The highest BCUT2D eigenvalue weighted by Crippen LogP contribution is 2.23. The maximum atomic E-state index is 11.7. The molecule has 2 aliphatic heterocycles. The van der Waals surface area contributed by atoms with Crippen molar-refractivity contribution in [3.63, 3.8) is 0 Å². The zero-order valence-corrected chi connectivity index (χ0v) is 10.7. The number of likely N-dealkylation sites (tertiary alicyclic amines) is 1. The van der Waals surface area contributed by atoms with Crippen molar-refractivity contribution in [3.8, 4) is 0 Å². The molecule has 2 saturated heterocycles. The Morgan fingerprint density at radius 1 is 1.41 bits per heavy atom. The van der Waals surface area contributed by atoms with E-state index >= 15 is 0 Å². The van der Waals surface area contributed by atoms with Crippen molar-refractivity contribution in [2.45, 2.75) is 38.6 Å². The van der Waals surface area contributed by atoms with Gasteiger partial charge in [-0.25, -0.2) is 0 Å². The fraction of sp³-hybridized carbons (Fsp3) is 0.923. The molecule has 0 aromatic heterocycles. The van der Waals surface area contributed by atoms with Crippen LogP contribution >= 0.6 is 0 Å². The van der Waals surface area contributed by atoms with E-state index in [0.29, 0.717) is 12.6 Å². The minimum atomic E-state index is -0.0195. The van der Waals surface area contributed by atoms with Crippen LogP contribution in [0.3, 0.4) is 0 Å². The molecule has 0 saturated carbocycles. The van der Waals surface area contributed by atoms with Crippen molar-refractivity contribution < 1.29 is 14.3 Å². The molecule has 2 rings (SSSR count). The highest BCUT2D eigenvalue weighted by atomic mass is 16.5. The molecule has 0 aliphatic carbocycles. The molecular formula is C13H23NO3. The fourth-order valence-electron chi connectivity index (χ4n) is 2.80. The summed E-state index contributed by atoms with van der Waals surface area (Å²) in [7, 11) is 0. The molecule has 98 valence electrons. The van der Waals surface area contributed by atoms with Gasteiger partial charge in [-0.3, -0.25) is 9.69 Å². The molecule has 4 nitrogen and oxygen atoms in total. The lowest BCUT2D eigenvalue weighted by Gasteiger charge is -2.38. The monoisotopic (exact) mass is 241 g/mol. The number of ether oxygens (including phenoxy) is 2. The van der Waals surface area contributed by atoms with Crippen LogP contribution in [0.25, 0.3) is 0 Å². The van der Waals surface area contributed by atoms with Crippen molar-refractivity contribution in [2.24, 2.45) is 5.92 Å². The van der Waals surface area contributed by atoms with E-state index in [-0.39, 0.29) is 11.9 Å². The molecule has 2 fully saturated rings. The van der Waals surface area contributed by atoms with Gasteiger partial charge >= 0.3 is 5.97 Å². The average Bonchev–Trinajstić information content (AvgIpc) is 2.40. The fourth-order valence-corrected chi connectivity index (χ4v) is 2.80. The minimum absolute atomic E-state index is 0.0195. The third kappa shape index (κ3) is 3.42. The Hall–Kier alpha value is -0.610. The SMILES string of the molecule is CCOC(=O)C1CCCN(C2CCCOC2)C1. The zero-order chi connectivity index (χ0) is 12.1.